The number of nitrogens with zero attached hydrogens (tertiary/aromatic N) is 2. The topological polar surface area (TPSA) is 60.1 Å². The van der Waals surface area contributed by atoms with Gasteiger partial charge in [0.05, 0.1) is 19.2 Å². The number of aliphatic imine (C=N–C) groups is 1. The van der Waals surface area contributed by atoms with Crippen molar-refractivity contribution in [2.24, 2.45) is 10.7 Å². The number of guanidine groups is 1. The lowest BCUT2D eigenvalue weighted by Gasteiger charge is -2.24. The summed E-state index contributed by atoms with van der Waals surface area (Å²) in [5, 5.41) is 0. The first-order chi connectivity index (χ1) is 9.60. The number of ether oxygens (including phenoxy) is 2. The highest BCUT2D eigenvalue weighted by Crippen LogP contribution is 2.40. The molecule has 2 atom stereocenters. The molecule has 2 aliphatic heterocycles. The second-order valence-corrected chi connectivity index (χ2v) is 5.39. The molecule has 0 saturated heterocycles. The van der Waals surface area contributed by atoms with Gasteiger partial charge in [0.15, 0.2) is 5.96 Å². The van der Waals surface area contributed by atoms with E-state index in [0.29, 0.717) is 19.1 Å². The Morgan fingerprint density at radius 2 is 2.30 bits per heavy atom. The van der Waals surface area contributed by atoms with Crippen molar-refractivity contribution >= 4 is 5.96 Å². The van der Waals surface area contributed by atoms with E-state index < -0.39 is 0 Å². The molecule has 1 aromatic rings. The average molecular weight is 275 g/mol. The van der Waals surface area contributed by atoms with Crippen molar-refractivity contribution in [3.05, 3.63) is 23.3 Å². The van der Waals surface area contributed by atoms with Crippen molar-refractivity contribution in [2.75, 3.05) is 20.2 Å². The van der Waals surface area contributed by atoms with Crippen LogP contribution in [-0.4, -0.2) is 37.2 Å². The molecule has 0 spiro atoms. The van der Waals surface area contributed by atoms with Gasteiger partial charge in [-0.25, -0.2) is 0 Å². The molecule has 3 rings (SSSR count). The van der Waals surface area contributed by atoms with E-state index in [9.17, 15) is 0 Å². The fraction of sp³-hybridized carbons (Fsp3) is 0.533. The van der Waals surface area contributed by atoms with Crippen molar-refractivity contribution < 1.29 is 9.47 Å². The summed E-state index contributed by atoms with van der Waals surface area (Å²) in [6, 6.07) is 4.33. The van der Waals surface area contributed by atoms with Gasteiger partial charge in [0.25, 0.3) is 0 Å². The third-order valence-corrected chi connectivity index (χ3v) is 3.94. The summed E-state index contributed by atoms with van der Waals surface area (Å²) in [7, 11) is 1.96. The molecule has 5 heteroatoms. The lowest BCUT2D eigenvalue weighted by atomic mass is 10.0. The number of fused-ring (bicyclic) bond motifs is 1. The Bertz CT molecular complexity index is 556. The molecule has 5 nitrogen and oxygen atoms in total. The predicted octanol–water partition coefficient (Wildman–Crippen LogP) is 1.71. The zero-order chi connectivity index (χ0) is 14.3. The lowest BCUT2D eigenvalue weighted by molar-refractivity contribution is 0.254. The van der Waals surface area contributed by atoms with Crippen LogP contribution in [0.25, 0.3) is 0 Å². The first-order valence-corrected chi connectivity index (χ1v) is 7.09. The Kier molecular flexibility index (Phi) is 3.20. The predicted molar refractivity (Wildman–Crippen MR) is 78.4 cm³/mol. The standard InChI is InChI=1S/C15H21N3O2/c1-4-19-14-6-10-5-9(2)20-13(10)7-11(14)12-8-17-15(16)18(12)3/h6-7,9,12H,4-5,8H2,1-3H3,(H2,16,17). The van der Waals surface area contributed by atoms with Gasteiger partial charge in [0.1, 0.15) is 17.6 Å². The van der Waals surface area contributed by atoms with Crippen molar-refractivity contribution in [2.45, 2.75) is 32.4 Å². The van der Waals surface area contributed by atoms with Crippen LogP contribution in [0, 0.1) is 0 Å². The average Bonchev–Trinajstić information content (AvgIpc) is 2.92. The molecular formula is C15H21N3O2. The van der Waals surface area contributed by atoms with Crippen molar-refractivity contribution in [1.82, 2.24) is 4.90 Å². The van der Waals surface area contributed by atoms with Crippen LogP contribution in [0.2, 0.25) is 0 Å². The zero-order valence-electron chi connectivity index (χ0n) is 12.2. The minimum Gasteiger partial charge on any atom is -0.493 e. The highest BCUT2D eigenvalue weighted by molar-refractivity contribution is 5.80. The molecule has 0 radical (unpaired) electrons. The lowest BCUT2D eigenvalue weighted by Crippen LogP contribution is -2.32. The van der Waals surface area contributed by atoms with E-state index in [1.165, 1.54) is 5.56 Å². The van der Waals surface area contributed by atoms with Crippen LogP contribution < -0.4 is 15.2 Å². The SMILES string of the molecule is CCOc1cc2c(cc1C1CN=C(N)N1C)OC(C)C2. The van der Waals surface area contributed by atoms with Crippen molar-refractivity contribution in [3.63, 3.8) is 0 Å². The summed E-state index contributed by atoms with van der Waals surface area (Å²) in [6.45, 7) is 5.40. The molecule has 0 aliphatic carbocycles. The number of rotatable bonds is 3. The molecule has 0 amide bonds. The second kappa shape index (κ2) is 4.89. The van der Waals surface area contributed by atoms with E-state index in [0.717, 1.165) is 23.5 Å². The van der Waals surface area contributed by atoms with Gasteiger partial charge in [-0.2, -0.15) is 0 Å². The Morgan fingerprint density at radius 3 is 2.95 bits per heavy atom. The van der Waals surface area contributed by atoms with Crippen LogP contribution in [0.1, 0.15) is 31.0 Å². The van der Waals surface area contributed by atoms with Crippen molar-refractivity contribution in [1.29, 1.82) is 0 Å². The number of nitrogens with two attached hydrogens (primary N) is 1. The van der Waals surface area contributed by atoms with Gasteiger partial charge < -0.3 is 20.1 Å². The molecule has 2 unspecified atom stereocenters. The molecule has 0 fully saturated rings. The summed E-state index contributed by atoms with van der Waals surface area (Å²) in [6.07, 6.45) is 1.17. The number of benzene rings is 1. The van der Waals surface area contributed by atoms with Crippen LogP contribution in [0.4, 0.5) is 0 Å². The fourth-order valence-corrected chi connectivity index (χ4v) is 2.88. The normalized spacial score (nSPS) is 24.4. The summed E-state index contributed by atoms with van der Waals surface area (Å²) in [5.41, 5.74) is 8.19. The summed E-state index contributed by atoms with van der Waals surface area (Å²) < 4.78 is 11.7. The maximum Gasteiger partial charge on any atom is 0.191 e. The second-order valence-electron chi connectivity index (χ2n) is 5.39. The van der Waals surface area contributed by atoms with Gasteiger partial charge in [0.2, 0.25) is 0 Å². The quantitative estimate of drug-likeness (QED) is 0.912. The summed E-state index contributed by atoms with van der Waals surface area (Å²) in [5.74, 6) is 2.47. The number of hydrogen-bond donors (Lipinski definition) is 1. The van der Waals surface area contributed by atoms with E-state index in [2.05, 4.69) is 24.0 Å². The third-order valence-electron chi connectivity index (χ3n) is 3.94. The largest absolute Gasteiger partial charge is 0.493 e. The van der Waals surface area contributed by atoms with Gasteiger partial charge in [-0.15, -0.1) is 0 Å². The van der Waals surface area contributed by atoms with Gasteiger partial charge in [0, 0.05) is 24.6 Å². The van der Waals surface area contributed by atoms with Gasteiger partial charge in [-0.1, -0.05) is 0 Å². The highest BCUT2D eigenvalue weighted by Gasteiger charge is 2.30. The highest BCUT2D eigenvalue weighted by atomic mass is 16.5. The zero-order valence-corrected chi connectivity index (χ0v) is 12.2. The molecule has 108 valence electrons. The fourth-order valence-electron chi connectivity index (χ4n) is 2.88. The van der Waals surface area contributed by atoms with E-state index in [-0.39, 0.29) is 12.1 Å². The minimum absolute atomic E-state index is 0.126. The Hall–Kier alpha value is -1.91. The van der Waals surface area contributed by atoms with Crippen molar-refractivity contribution in [3.8, 4) is 11.5 Å². The Morgan fingerprint density at radius 1 is 1.50 bits per heavy atom. The molecule has 2 heterocycles. The summed E-state index contributed by atoms with van der Waals surface area (Å²) in [4.78, 5) is 6.30. The Labute approximate surface area is 119 Å². The molecule has 0 aromatic heterocycles. The maximum atomic E-state index is 5.87. The van der Waals surface area contributed by atoms with Crippen LogP contribution >= 0.6 is 0 Å². The van der Waals surface area contributed by atoms with Gasteiger partial charge >= 0.3 is 0 Å². The van der Waals surface area contributed by atoms with Gasteiger partial charge in [-0.05, 0) is 26.0 Å². The van der Waals surface area contributed by atoms with Crippen LogP contribution in [0.15, 0.2) is 17.1 Å². The van der Waals surface area contributed by atoms with Crippen LogP contribution in [0.3, 0.4) is 0 Å². The molecule has 2 N–H and O–H groups in total. The third kappa shape index (κ3) is 2.07. The first kappa shape index (κ1) is 13.1. The van der Waals surface area contributed by atoms with E-state index in [4.69, 9.17) is 15.2 Å². The van der Waals surface area contributed by atoms with E-state index >= 15 is 0 Å². The van der Waals surface area contributed by atoms with E-state index in [1.807, 2.05) is 18.9 Å². The molecule has 0 saturated carbocycles. The molecule has 0 bridgehead atoms. The van der Waals surface area contributed by atoms with E-state index in [1.54, 1.807) is 0 Å². The van der Waals surface area contributed by atoms with Gasteiger partial charge in [-0.3, -0.25) is 4.99 Å². The minimum atomic E-state index is 0.126. The smallest absolute Gasteiger partial charge is 0.191 e. The molecule has 20 heavy (non-hydrogen) atoms. The van der Waals surface area contributed by atoms with Crippen LogP contribution in [0.5, 0.6) is 11.5 Å². The molecule has 2 aliphatic rings. The first-order valence-electron chi connectivity index (χ1n) is 7.09. The summed E-state index contributed by atoms with van der Waals surface area (Å²) >= 11 is 0. The molecule has 1 aromatic carbocycles. The molecular weight excluding hydrogens is 254 g/mol. The number of likely N-dealkylation sites (N-methyl/N-ethyl adjacent to an activating group) is 1. The monoisotopic (exact) mass is 275 g/mol. The number of hydrogen-bond acceptors (Lipinski definition) is 5. The van der Waals surface area contributed by atoms with Crippen LogP contribution in [-0.2, 0) is 6.42 Å². The Balaban J connectivity index is 1.99. The maximum absolute atomic E-state index is 5.87.